The van der Waals surface area contributed by atoms with Crippen molar-refractivity contribution in [2.45, 2.75) is 26.4 Å². The molecule has 0 radical (unpaired) electrons. The molecule has 0 amide bonds. The molecule has 2 aromatic heterocycles. The van der Waals surface area contributed by atoms with E-state index in [0.717, 1.165) is 24.6 Å². The summed E-state index contributed by atoms with van der Waals surface area (Å²) in [5, 5.41) is 4.62. The molecule has 0 saturated heterocycles. The van der Waals surface area contributed by atoms with Crippen LogP contribution in [0.25, 0.3) is 10.9 Å². The summed E-state index contributed by atoms with van der Waals surface area (Å²) in [6.45, 7) is 3.51. The maximum Gasteiger partial charge on any atom is 0.208 e. The molecule has 3 aromatic rings. The van der Waals surface area contributed by atoms with Crippen molar-refractivity contribution < 1.29 is 4.42 Å². The van der Waals surface area contributed by atoms with Crippen molar-refractivity contribution in [3.8, 4) is 0 Å². The van der Waals surface area contributed by atoms with Crippen LogP contribution in [0.3, 0.4) is 0 Å². The molecule has 2 heterocycles. The summed E-state index contributed by atoms with van der Waals surface area (Å²) in [5.41, 5.74) is 2.43. The third-order valence-corrected chi connectivity index (χ3v) is 3.22. The van der Waals surface area contributed by atoms with Crippen molar-refractivity contribution in [2.75, 3.05) is 0 Å². The van der Waals surface area contributed by atoms with Crippen molar-refractivity contribution >= 4 is 10.9 Å². The van der Waals surface area contributed by atoms with Gasteiger partial charge >= 0.3 is 0 Å². The summed E-state index contributed by atoms with van der Waals surface area (Å²) in [6.07, 6.45) is 4.73. The fourth-order valence-corrected chi connectivity index (χ4v) is 2.18. The molecule has 0 bridgehead atoms. The normalized spacial score (nSPS) is 11.2. The number of aromatic amines is 1. The molecule has 0 unspecified atom stereocenters. The van der Waals surface area contributed by atoms with E-state index in [9.17, 15) is 0 Å². The number of aryl methyl sites for hydroxylation is 1. The number of fused-ring (bicyclic) bond motifs is 1. The van der Waals surface area contributed by atoms with E-state index in [0.29, 0.717) is 6.54 Å². The van der Waals surface area contributed by atoms with Gasteiger partial charge in [-0.2, -0.15) is 0 Å². The van der Waals surface area contributed by atoms with Crippen LogP contribution >= 0.6 is 0 Å². The molecule has 0 saturated carbocycles. The van der Waals surface area contributed by atoms with E-state index in [1.54, 1.807) is 6.20 Å². The van der Waals surface area contributed by atoms with Gasteiger partial charge in [-0.15, -0.1) is 0 Å². The van der Waals surface area contributed by atoms with E-state index < -0.39 is 0 Å². The summed E-state index contributed by atoms with van der Waals surface area (Å²) in [6, 6.07) is 8.31. The predicted octanol–water partition coefficient (Wildman–Crippen LogP) is 3.01. The van der Waals surface area contributed by atoms with Gasteiger partial charge in [0.05, 0.1) is 12.7 Å². The van der Waals surface area contributed by atoms with Gasteiger partial charge in [-0.3, -0.25) is 0 Å². The second-order valence-corrected chi connectivity index (χ2v) is 4.54. The van der Waals surface area contributed by atoms with Crippen LogP contribution in [0.2, 0.25) is 0 Å². The quantitative estimate of drug-likeness (QED) is 0.737. The summed E-state index contributed by atoms with van der Waals surface area (Å²) in [7, 11) is 0. The Balaban J connectivity index is 1.63. The van der Waals surface area contributed by atoms with E-state index in [1.807, 2.05) is 12.3 Å². The summed E-state index contributed by atoms with van der Waals surface area (Å²) in [5.74, 6) is 1.68. The Morgan fingerprint density at radius 2 is 2.16 bits per heavy atom. The third-order valence-electron chi connectivity index (χ3n) is 3.22. The summed E-state index contributed by atoms with van der Waals surface area (Å²) < 4.78 is 5.56. The molecule has 2 N–H and O–H groups in total. The highest BCUT2D eigenvalue weighted by Gasteiger charge is 2.04. The number of nitrogens with one attached hydrogen (secondary N) is 2. The smallest absolute Gasteiger partial charge is 0.208 e. The number of hydrogen-bond donors (Lipinski definition) is 2. The Morgan fingerprint density at radius 3 is 3.00 bits per heavy atom. The lowest BCUT2D eigenvalue weighted by Crippen LogP contribution is -2.12. The van der Waals surface area contributed by atoms with Crippen molar-refractivity contribution in [2.24, 2.45) is 0 Å². The lowest BCUT2D eigenvalue weighted by Gasteiger charge is -2.01. The van der Waals surface area contributed by atoms with Gasteiger partial charge < -0.3 is 14.7 Å². The molecule has 0 aliphatic carbocycles. The molecule has 1 aromatic carbocycles. The molecule has 19 heavy (non-hydrogen) atoms. The molecule has 98 valence electrons. The van der Waals surface area contributed by atoms with Gasteiger partial charge in [-0.25, -0.2) is 4.98 Å². The highest BCUT2D eigenvalue weighted by Crippen LogP contribution is 2.17. The summed E-state index contributed by atoms with van der Waals surface area (Å²) >= 11 is 0. The van der Waals surface area contributed by atoms with Gasteiger partial charge in [0.15, 0.2) is 0 Å². The fraction of sp³-hybridized carbons (Fsp3) is 0.267. The average molecular weight is 255 g/mol. The maximum atomic E-state index is 5.56. The Labute approximate surface area is 111 Å². The number of hydrogen-bond acceptors (Lipinski definition) is 3. The lowest BCUT2D eigenvalue weighted by molar-refractivity contribution is 0.439. The van der Waals surface area contributed by atoms with Crippen LogP contribution in [0.1, 0.15) is 24.1 Å². The Hall–Kier alpha value is -2.07. The first-order valence-electron chi connectivity index (χ1n) is 6.56. The highest BCUT2D eigenvalue weighted by atomic mass is 16.4. The van der Waals surface area contributed by atoms with Crippen LogP contribution in [0, 0.1) is 0 Å². The van der Waals surface area contributed by atoms with Gasteiger partial charge in [0, 0.05) is 30.1 Å². The monoisotopic (exact) mass is 255 g/mol. The van der Waals surface area contributed by atoms with E-state index in [-0.39, 0.29) is 0 Å². The molecule has 4 nitrogen and oxygen atoms in total. The zero-order chi connectivity index (χ0) is 13.1. The zero-order valence-corrected chi connectivity index (χ0v) is 10.9. The van der Waals surface area contributed by atoms with Crippen LogP contribution in [0.15, 0.2) is 41.1 Å². The Morgan fingerprint density at radius 1 is 1.26 bits per heavy atom. The van der Waals surface area contributed by atoms with Gasteiger partial charge in [-0.05, 0) is 11.6 Å². The maximum absolute atomic E-state index is 5.56. The third kappa shape index (κ3) is 2.53. The first kappa shape index (κ1) is 12.0. The number of nitrogens with zero attached hydrogens (tertiary/aromatic N) is 1. The predicted molar refractivity (Wildman–Crippen MR) is 74.7 cm³/mol. The van der Waals surface area contributed by atoms with E-state index in [4.69, 9.17) is 4.42 Å². The minimum Gasteiger partial charge on any atom is -0.444 e. The molecule has 0 fully saturated rings. The lowest BCUT2D eigenvalue weighted by atomic mass is 10.2. The van der Waals surface area contributed by atoms with Crippen LogP contribution in [0.5, 0.6) is 0 Å². The van der Waals surface area contributed by atoms with E-state index in [1.165, 1.54) is 16.5 Å². The molecule has 4 heteroatoms. The van der Waals surface area contributed by atoms with Crippen LogP contribution in [0.4, 0.5) is 0 Å². The highest BCUT2D eigenvalue weighted by molar-refractivity contribution is 5.82. The Kier molecular flexibility index (Phi) is 3.33. The molecule has 0 aliphatic heterocycles. The SMILES string of the molecule is CCc1cnc(CNCc2c[nH]c3ccccc23)o1. The van der Waals surface area contributed by atoms with Crippen molar-refractivity contribution in [1.82, 2.24) is 15.3 Å². The fourth-order valence-electron chi connectivity index (χ4n) is 2.18. The van der Waals surface area contributed by atoms with Crippen molar-refractivity contribution in [3.63, 3.8) is 0 Å². The first-order valence-corrected chi connectivity index (χ1v) is 6.56. The molecule has 0 aliphatic rings. The second-order valence-electron chi connectivity index (χ2n) is 4.54. The molecule has 0 spiro atoms. The van der Waals surface area contributed by atoms with Gasteiger partial charge in [0.2, 0.25) is 5.89 Å². The minimum atomic E-state index is 0.652. The Bertz CT molecular complexity index is 669. The largest absolute Gasteiger partial charge is 0.444 e. The van der Waals surface area contributed by atoms with E-state index >= 15 is 0 Å². The zero-order valence-electron chi connectivity index (χ0n) is 10.9. The summed E-state index contributed by atoms with van der Waals surface area (Å²) in [4.78, 5) is 7.50. The molecule has 3 rings (SSSR count). The van der Waals surface area contributed by atoms with Crippen LogP contribution in [-0.4, -0.2) is 9.97 Å². The molecule has 0 atom stereocenters. The molecular weight excluding hydrogens is 238 g/mol. The number of H-pyrrole nitrogens is 1. The number of para-hydroxylation sites is 1. The van der Waals surface area contributed by atoms with Crippen LogP contribution < -0.4 is 5.32 Å². The topological polar surface area (TPSA) is 53.9 Å². The van der Waals surface area contributed by atoms with Crippen molar-refractivity contribution in [3.05, 3.63) is 53.9 Å². The second kappa shape index (κ2) is 5.28. The minimum absolute atomic E-state index is 0.652. The number of benzene rings is 1. The standard InChI is InChI=1S/C15H17N3O/c1-2-12-9-18-15(19-12)10-16-7-11-8-17-14-6-4-3-5-13(11)14/h3-6,8-9,16-17H,2,7,10H2,1H3. The molecular formula is C15H17N3O. The number of oxazole rings is 1. The van der Waals surface area contributed by atoms with Gasteiger partial charge in [0.25, 0.3) is 0 Å². The van der Waals surface area contributed by atoms with Crippen LogP contribution in [-0.2, 0) is 19.5 Å². The first-order chi connectivity index (χ1) is 9.36. The number of aromatic nitrogens is 2. The van der Waals surface area contributed by atoms with Gasteiger partial charge in [-0.1, -0.05) is 25.1 Å². The number of rotatable bonds is 5. The average Bonchev–Trinajstić information content (AvgIpc) is 3.06. The van der Waals surface area contributed by atoms with Gasteiger partial charge in [0.1, 0.15) is 5.76 Å². The van der Waals surface area contributed by atoms with E-state index in [2.05, 4.69) is 40.4 Å². The van der Waals surface area contributed by atoms with Crippen molar-refractivity contribution in [1.29, 1.82) is 0 Å².